The average Bonchev–Trinajstić information content (AvgIpc) is 2.55. The van der Waals surface area contributed by atoms with Gasteiger partial charge < -0.3 is 5.32 Å². The van der Waals surface area contributed by atoms with Crippen LogP contribution in [0.5, 0.6) is 0 Å². The van der Waals surface area contributed by atoms with E-state index in [9.17, 15) is 22.0 Å². The Bertz CT molecular complexity index is 871. The van der Waals surface area contributed by atoms with E-state index in [1.54, 1.807) is 19.1 Å². The monoisotopic (exact) mass is 386 g/mol. The molecule has 0 fully saturated rings. The Kier molecular flexibility index (Phi) is 6.15. The summed E-state index contributed by atoms with van der Waals surface area (Å²) in [6.07, 6.45) is 0. The molecule has 134 valence electrons. The lowest BCUT2D eigenvalue weighted by molar-refractivity contribution is -0.119. The molecule has 1 atom stereocenters. The van der Waals surface area contributed by atoms with Crippen LogP contribution in [-0.2, 0) is 14.8 Å². The molecule has 0 heterocycles. The molecule has 3 N–H and O–H groups in total. The number of thioether (sulfide) groups is 1. The first-order valence-electron chi connectivity index (χ1n) is 7.17. The van der Waals surface area contributed by atoms with Crippen molar-refractivity contribution in [2.75, 3.05) is 5.75 Å². The van der Waals surface area contributed by atoms with Crippen molar-refractivity contribution in [1.82, 2.24) is 5.32 Å². The Balaban J connectivity index is 1.94. The first-order chi connectivity index (χ1) is 11.7. The number of primary sulfonamides is 1. The van der Waals surface area contributed by atoms with Crippen LogP contribution in [0.3, 0.4) is 0 Å². The van der Waals surface area contributed by atoms with Gasteiger partial charge in [0.2, 0.25) is 15.9 Å². The molecule has 0 bridgehead atoms. The van der Waals surface area contributed by atoms with Crippen LogP contribution < -0.4 is 10.5 Å². The fraction of sp³-hybridized carbons (Fsp3) is 0.188. The van der Waals surface area contributed by atoms with Crippen LogP contribution in [-0.4, -0.2) is 20.1 Å². The van der Waals surface area contributed by atoms with Crippen molar-refractivity contribution >= 4 is 27.7 Å². The number of amides is 1. The number of hydrogen-bond acceptors (Lipinski definition) is 4. The highest BCUT2D eigenvalue weighted by molar-refractivity contribution is 8.00. The summed E-state index contributed by atoms with van der Waals surface area (Å²) in [6, 6.07) is 8.45. The Morgan fingerprint density at radius 3 is 2.44 bits per heavy atom. The van der Waals surface area contributed by atoms with Crippen LogP contribution in [0.4, 0.5) is 8.78 Å². The van der Waals surface area contributed by atoms with Gasteiger partial charge in [-0.05, 0) is 42.8 Å². The van der Waals surface area contributed by atoms with E-state index in [1.165, 1.54) is 12.1 Å². The summed E-state index contributed by atoms with van der Waals surface area (Å²) in [5.74, 6) is -1.62. The lowest BCUT2D eigenvalue weighted by atomic mass is 10.1. The molecule has 0 aliphatic rings. The van der Waals surface area contributed by atoms with E-state index in [0.29, 0.717) is 5.56 Å². The van der Waals surface area contributed by atoms with Gasteiger partial charge in [0, 0.05) is 4.90 Å². The van der Waals surface area contributed by atoms with Crippen LogP contribution in [0.25, 0.3) is 0 Å². The first-order valence-corrected chi connectivity index (χ1v) is 9.70. The van der Waals surface area contributed by atoms with Gasteiger partial charge in [-0.2, -0.15) is 0 Å². The summed E-state index contributed by atoms with van der Waals surface area (Å²) >= 11 is 0.889. The number of hydrogen-bond donors (Lipinski definition) is 2. The summed E-state index contributed by atoms with van der Waals surface area (Å²) in [4.78, 5) is 12.0. The third-order valence-corrected chi connectivity index (χ3v) is 5.30. The second-order valence-corrected chi connectivity index (χ2v) is 7.85. The highest BCUT2D eigenvalue weighted by Crippen LogP contribution is 2.23. The number of nitrogens with two attached hydrogens (primary N) is 1. The molecule has 0 spiro atoms. The molecule has 2 aromatic carbocycles. The number of nitrogens with one attached hydrogen (secondary N) is 1. The van der Waals surface area contributed by atoms with Gasteiger partial charge in [-0.1, -0.05) is 12.1 Å². The number of carbonyl (C=O) groups is 1. The lowest BCUT2D eigenvalue weighted by Gasteiger charge is -2.14. The van der Waals surface area contributed by atoms with E-state index in [-0.39, 0.29) is 27.5 Å². The molecule has 0 radical (unpaired) electrons. The van der Waals surface area contributed by atoms with Crippen LogP contribution in [0.2, 0.25) is 0 Å². The molecular formula is C16H16F2N2O3S2. The van der Waals surface area contributed by atoms with Gasteiger partial charge in [-0.3, -0.25) is 4.79 Å². The third kappa shape index (κ3) is 5.52. The second-order valence-electron chi connectivity index (χ2n) is 5.27. The Morgan fingerprint density at radius 2 is 1.84 bits per heavy atom. The quantitative estimate of drug-likeness (QED) is 0.747. The molecule has 5 nitrogen and oxygen atoms in total. The molecule has 0 unspecified atom stereocenters. The maximum Gasteiger partial charge on any atom is 0.238 e. The Hall–Kier alpha value is -1.97. The van der Waals surface area contributed by atoms with E-state index in [4.69, 9.17) is 5.14 Å². The van der Waals surface area contributed by atoms with Crippen molar-refractivity contribution in [2.24, 2.45) is 5.14 Å². The molecule has 0 saturated heterocycles. The molecule has 2 rings (SSSR count). The van der Waals surface area contributed by atoms with Gasteiger partial charge in [0.05, 0.1) is 16.7 Å². The summed E-state index contributed by atoms with van der Waals surface area (Å²) < 4.78 is 49.0. The highest BCUT2D eigenvalue weighted by atomic mass is 32.2. The molecule has 0 saturated carbocycles. The van der Waals surface area contributed by atoms with Crippen molar-refractivity contribution in [3.8, 4) is 0 Å². The summed E-state index contributed by atoms with van der Waals surface area (Å²) in [7, 11) is -3.77. The number of benzene rings is 2. The fourth-order valence-corrected chi connectivity index (χ4v) is 3.33. The predicted octanol–water partition coefficient (Wildman–Crippen LogP) is 2.58. The second kappa shape index (κ2) is 7.94. The maximum absolute atomic E-state index is 13.5. The maximum atomic E-state index is 13.5. The molecule has 1 amide bonds. The number of halogens is 2. The van der Waals surface area contributed by atoms with E-state index in [2.05, 4.69) is 5.32 Å². The van der Waals surface area contributed by atoms with Crippen molar-refractivity contribution in [1.29, 1.82) is 0 Å². The normalized spacial score (nSPS) is 12.6. The zero-order chi connectivity index (χ0) is 18.6. The van der Waals surface area contributed by atoms with Gasteiger partial charge in [0.15, 0.2) is 0 Å². The lowest BCUT2D eigenvalue weighted by Crippen LogP contribution is -2.28. The van der Waals surface area contributed by atoms with E-state index in [0.717, 1.165) is 30.0 Å². The number of rotatable bonds is 6. The molecule has 2 aromatic rings. The standard InChI is InChI=1S/C16H16F2N2O3S2/c1-10(11-2-5-13(6-3-11)25(19,22)23)20-16(21)9-24-15-8-12(17)4-7-14(15)18/h2-8,10H,9H2,1H3,(H,20,21)(H2,19,22,23)/t10-/m0/s1. The summed E-state index contributed by atoms with van der Waals surface area (Å²) in [5.41, 5.74) is 0.683. The number of sulfonamides is 1. The van der Waals surface area contributed by atoms with Gasteiger partial charge in [-0.25, -0.2) is 22.3 Å². The third-order valence-electron chi connectivity index (χ3n) is 3.34. The SMILES string of the molecule is C[C@H](NC(=O)CSc1cc(F)ccc1F)c1ccc(S(N)(=O)=O)cc1. The predicted molar refractivity (Wildman–Crippen MR) is 91.5 cm³/mol. The van der Waals surface area contributed by atoms with Crippen molar-refractivity contribution in [3.05, 3.63) is 59.7 Å². The average molecular weight is 386 g/mol. The fourth-order valence-electron chi connectivity index (χ4n) is 2.04. The summed E-state index contributed by atoms with van der Waals surface area (Å²) in [5, 5.41) is 7.73. The van der Waals surface area contributed by atoms with Crippen molar-refractivity contribution in [2.45, 2.75) is 22.8 Å². The molecule has 25 heavy (non-hydrogen) atoms. The molecule has 0 aromatic heterocycles. The minimum atomic E-state index is -3.77. The largest absolute Gasteiger partial charge is 0.349 e. The Morgan fingerprint density at radius 1 is 1.20 bits per heavy atom. The minimum absolute atomic E-state index is 0.0214. The zero-order valence-corrected chi connectivity index (χ0v) is 14.8. The van der Waals surface area contributed by atoms with Gasteiger partial charge in [0.25, 0.3) is 0 Å². The van der Waals surface area contributed by atoms with E-state index in [1.807, 2.05) is 0 Å². The van der Waals surface area contributed by atoms with Crippen molar-refractivity contribution in [3.63, 3.8) is 0 Å². The van der Waals surface area contributed by atoms with E-state index < -0.39 is 21.7 Å². The minimum Gasteiger partial charge on any atom is -0.349 e. The van der Waals surface area contributed by atoms with Crippen LogP contribution in [0.15, 0.2) is 52.3 Å². The number of carbonyl (C=O) groups excluding carboxylic acids is 1. The first kappa shape index (κ1) is 19.4. The Labute approximate surface area is 148 Å². The topological polar surface area (TPSA) is 89.3 Å². The molecule has 0 aliphatic heterocycles. The molecule has 0 aliphatic carbocycles. The van der Waals surface area contributed by atoms with Crippen molar-refractivity contribution < 1.29 is 22.0 Å². The molecule has 9 heteroatoms. The van der Waals surface area contributed by atoms with Gasteiger partial charge in [0.1, 0.15) is 11.6 Å². The van der Waals surface area contributed by atoms with Crippen LogP contribution >= 0.6 is 11.8 Å². The molecular weight excluding hydrogens is 370 g/mol. The zero-order valence-electron chi connectivity index (χ0n) is 13.2. The van der Waals surface area contributed by atoms with Gasteiger partial charge in [-0.15, -0.1) is 11.8 Å². The van der Waals surface area contributed by atoms with Gasteiger partial charge >= 0.3 is 0 Å². The highest BCUT2D eigenvalue weighted by Gasteiger charge is 2.13. The van der Waals surface area contributed by atoms with Crippen LogP contribution in [0.1, 0.15) is 18.5 Å². The van der Waals surface area contributed by atoms with Crippen LogP contribution in [0, 0.1) is 11.6 Å². The smallest absolute Gasteiger partial charge is 0.238 e. The summed E-state index contributed by atoms with van der Waals surface area (Å²) in [6.45, 7) is 1.72. The van der Waals surface area contributed by atoms with E-state index >= 15 is 0 Å².